The molecule has 2 saturated carbocycles. The molecule has 1 N–H and O–H groups in total. The highest BCUT2D eigenvalue weighted by molar-refractivity contribution is 5.81. The van der Waals surface area contributed by atoms with Gasteiger partial charge in [-0.05, 0) is 56.8 Å². The summed E-state index contributed by atoms with van der Waals surface area (Å²) >= 11 is 0. The molecule has 0 atom stereocenters. The molecule has 1 amide bonds. The molecule has 0 radical (unpaired) electrons. The second-order valence-corrected chi connectivity index (χ2v) is 9.67. The van der Waals surface area contributed by atoms with E-state index in [0.717, 1.165) is 38.1 Å². The van der Waals surface area contributed by atoms with Crippen LogP contribution in [-0.2, 0) is 11.3 Å². The molecule has 3 aliphatic rings. The SMILES string of the molecule is CNC(=O)Cn1c(=O)n(C2CCN(C3CCC4(CC3)CC4)CC2)c2cc(F)c(F)cc21. The predicted octanol–water partition coefficient (Wildman–Crippen LogP) is 3.19. The van der Waals surface area contributed by atoms with E-state index in [-0.39, 0.29) is 29.7 Å². The Kier molecular flexibility index (Phi) is 5.15. The van der Waals surface area contributed by atoms with Crippen molar-refractivity contribution in [3.05, 3.63) is 34.3 Å². The molecule has 2 heterocycles. The molecule has 1 spiro atoms. The number of likely N-dealkylation sites (tertiary alicyclic amines) is 1. The Morgan fingerprint density at radius 2 is 1.61 bits per heavy atom. The fourth-order valence-electron chi connectivity index (χ4n) is 5.77. The number of fused-ring (bicyclic) bond motifs is 1. The third-order valence-corrected chi connectivity index (χ3v) is 7.94. The molecule has 168 valence electrons. The Bertz CT molecular complexity index is 1050. The number of hydrogen-bond acceptors (Lipinski definition) is 3. The first kappa shape index (κ1) is 20.7. The van der Waals surface area contributed by atoms with E-state index in [2.05, 4.69) is 10.2 Å². The van der Waals surface area contributed by atoms with E-state index in [4.69, 9.17) is 0 Å². The summed E-state index contributed by atoms with van der Waals surface area (Å²) < 4.78 is 30.8. The average Bonchev–Trinajstić information content (AvgIpc) is 3.48. The maximum Gasteiger partial charge on any atom is 0.329 e. The highest BCUT2D eigenvalue weighted by Gasteiger charge is 2.45. The fourth-order valence-corrected chi connectivity index (χ4v) is 5.77. The highest BCUT2D eigenvalue weighted by atomic mass is 19.2. The molecular formula is C23H30F2N4O2. The van der Waals surface area contributed by atoms with Gasteiger partial charge < -0.3 is 10.2 Å². The summed E-state index contributed by atoms with van der Waals surface area (Å²) in [7, 11) is 1.48. The molecule has 2 aromatic rings. The monoisotopic (exact) mass is 432 g/mol. The Labute approximate surface area is 180 Å². The number of aromatic nitrogens is 2. The smallest absolute Gasteiger partial charge is 0.329 e. The molecule has 0 unspecified atom stereocenters. The lowest BCUT2D eigenvalue weighted by Crippen LogP contribution is -2.44. The maximum absolute atomic E-state index is 14.1. The van der Waals surface area contributed by atoms with Crippen LogP contribution < -0.4 is 11.0 Å². The number of hydrogen-bond donors (Lipinski definition) is 1. The molecule has 6 nitrogen and oxygen atoms in total. The second-order valence-electron chi connectivity index (χ2n) is 9.67. The topological polar surface area (TPSA) is 59.3 Å². The van der Waals surface area contributed by atoms with Gasteiger partial charge in [-0.2, -0.15) is 0 Å². The van der Waals surface area contributed by atoms with Gasteiger partial charge in [0.1, 0.15) is 6.54 Å². The number of amides is 1. The van der Waals surface area contributed by atoms with Crippen molar-refractivity contribution in [3.8, 4) is 0 Å². The minimum atomic E-state index is -1.02. The van der Waals surface area contributed by atoms with Crippen LogP contribution >= 0.6 is 0 Å². The van der Waals surface area contributed by atoms with Gasteiger partial charge in [0.2, 0.25) is 5.91 Å². The van der Waals surface area contributed by atoms with Crippen molar-refractivity contribution in [3.63, 3.8) is 0 Å². The third-order valence-electron chi connectivity index (χ3n) is 7.94. The van der Waals surface area contributed by atoms with Crippen molar-refractivity contribution in [2.24, 2.45) is 5.41 Å². The molecule has 2 aliphatic carbocycles. The Balaban J connectivity index is 1.38. The molecule has 8 heteroatoms. The number of benzene rings is 1. The van der Waals surface area contributed by atoms with Crippen LogP contribution in [0.5, 0.6) is 0 Å². The average molecular weight is 433 g/mol. The zero-order chi connectivity index (χ0) is 21.8. The van der Waals surface area contributed by atoms with Gasteiger partial charge in [-0.3, -0.25) is 13.9 Å². The largest absolute Gasteiger partial charge is 0.358 e. The van der Waals surface area contributed by atoms with E-state index in [9.17, 15) is 18.4 Å². The number of halogens is 2. The molecule has 1 aromatic heterocycles. The van der Waals surface area contributed by atoms with Crippen molar-refractivity contribution in [2.45, 2.75) is 70.0 Å². The molecule has 31 heavy (non-hydrogen) atoms. The van der Waals surface area contributed by atoms with Crippen LogP contribution in [0.3, 0.4) is 0 Å². The van der Waals surface area contributed by atoms with Crippen LogP contribution in [0.2, 0.25) is 0 Å². The van der Waals surface area contributed by atoms with E-state index in [1.807, 2.05) is 0 Å². The third kappa shape index (κ3) is 3.69. The lowest BCUT2D eigenvalue weighted by molar-refractivity contribution is -0.121. The highest BCUT2D eigenvalue weighted by Crippen LogP contribution is 2.56. The van der Waals surface area contributed by atoms with E-state index >= 15 is 0 Å². The van der Waals surface area contributed by atoms with Crippen LogP contribution in [0.4, 0.5) is 8.78 Å². The minimum absolute atomic E-state index is 0.0830. The van der Waals surface area contributed by atoms with Gasteiger partial charge in [0, 0.05) is 44.4 Å². The van der Waals surface area contributed by atoms with E-state index in [1.54, 1.807) is 4.57 Å². The maximum atomic E-state index is 14.1. The number of rotatable bonds is 4. The zero-order valence-corrected chi connectivity index (χ0v) is 18.0. The van der Waals surface area contributed by atoms with E-state index in [0.29, 0.717) is 17.0 Å². The lowest BCUT2D eigenvalue weighted by Gasteiger charge is -2.41. The molecule has 1 aromatic carbocycles. The number of nitrogens with one attached hydrogen (secondary N) is 1. The van der Waals surface area contributed by atoms with E-state index in [1.165, 1.54) is 50.1 Å². The molecule has 1 aliphatic heterocycles. The summed E-state index contributed by atoms with van der Waals surface area (Å²) in [5, 5.41) is 2.49. The molecular weight excluding hydrogens is 402 g/mol. The number of nitrogens with zero attached hydrogens (tertiary/aromatic N) is 3. The summed E-state index contributed by atoms with van der Waals surface area (Å²) in [6, 6.07) is 2.66. The molecule has 1 saturated heterocycles. The van der Waals surface area contributed by atoms with Gasteiger partial charge in [0.05, 0.1) is 11.0 Å². The summed E-state index contributed by atoms with van der Waals surface area (Å²) in [5.74, 6) is -2.35. The van der Waals surface area contributed by atoms with Crippen LogP contribution in [0.15, 0.2) is 16.9 Å². The molecule has 5 rings (SSSR count). The lowest BCUT2D eigenvalue weighted by atomic mass is 9.82. The number of likely N-dealkylation sites (N-methyl/N-ethyl adjacent to an activating group) is 1. The normalized spacial score (nSPS) is 22.3. The standard InChI is InChI=1S/C23H30F2N4O2/c1-26-21(30)14-28-19-12-17(24)18(25)13-20(19)29(22(28)31)16-4-10-27(11-5-16)15-2-6-23(7-3-15)8-9-23/h12-13,15-16H,2-11,14H2,1H3,(H,26,30). The van der Waals surface area contributed by atoms with Gasteiger partial charge in [-0.25, -0.2) is 13.6 Å². The number of piperidine rings is 1. The van der Waals surface area contributed by atoms with Crippen LogP contribution in [0, 0.1) is 17.0 Å². The summed E-state index contributed by atoms with van der Waals surface area (Å²) in [6.45, 7) is 1.59. The first-order valence-corrected chi connectivity index (χ1v) is 11.5. The van der Waals surface area contributed by atoms with Gasteiger partial charge in [-0.15, -0.1) is 0 Å². The first-order chi connectivity index (χ1) is 14.9. The minimum Gasteiger partial charge on any atom is -0.358 e. The van der Waals surface area contributed by atoms with Gasteiger partial charge in [0.15, 0.2) is 11.6 Å². The van der Waals surface area contributed by atoms with Crippen molar-refractivity contribution in [2.75, 3.05) is 20.1 Å². The zero-order valence-electron chi connectivity index (χ0n) is 18.0. The molecule has 0 bridgehead atoms. The van der Waals surface area contributed by atoms with Gasteiger partial charge in [0.25, 0.3) is 0 Å². The Morgan fingerprint density at radius 1 is 1.00 bits per heavy atom. The summed E-state index contributed by atoms with van der Waals surface area (Å²) in [4.78, 5) is 27.7. The van der Waals surface area contributed by atoms with Crippen molar-refractivity contribution in [1.29, 1.82) is 0 Å². The number of carbonyl (C=O) groups excluding carboxylic acids is 1. The quantitative estimate of drug-likeness (QED) is 0.807. The van der Waals surface area contributed by atoms with Gasteiger partial charge in [-0.1, -0.05) is 0 Å². The summed E-state index contributed by atoms with van der Waals surface area (Å²) in [5.41, 5.74) is 0.917. The van der Waals surface area contributed by atoms with Gasteiger partial charge >= 0.3 is 5.69 Å². The fraction of sp³-hybridized carbons (Fsp3) is 0.652. The second kappa shape index (κ2) is 7.73. The van der Waals surface area contributed by atoms with Crippen LogP contribution in [0.1, 0.15) is 57.4 Å². The Morgan fingerprint density at radius 3 is 2.19 bits per heavy atom. The number of imidazole rings is 1. The summed E-state index contributed by atoms with van der Waals surface area (Å²) in [6.07, 6.45) is 9.61. The van der Waals surface area contributed by atoms with Crippen LogP contribution in [-0.4, -0.2) is 46.1 Å². The Hall–Kier alpha value is -2.22. The van der Waals surface area contributed by atoms with Crippen molar-refractivity contribution in [1.82, 2.24) is 19.4 Å². The first-order valence-electron chi connectivity index (χ1n) is 11.5. The predicted molar refractivity (Wildman–Crippen MR) is 114 cm³/mol. The molecule has 3 fully saturated rings. The van der Waals surface area contributed by atoms with E-state index < -0.39 is 11.6 Å². The van der Waals surface area contributed by atoms with Crippen molar-refractivity contribution >= 4 is 16.9 Å². The number of carbonyl (C=O) groups is 1. The van der Waals surface area contributed by atoms with Crippen LogP contribution in [0.25, 0.3) is 11.0 Å². The van der Waals surface area contributed by atoms with Crippen molar-refractivity contribution < 1.29 is 13.6 Å².